The van der Waals surface area contributed by atoms with Crippen LogP contribution in [0.2, 0.25) is 0 Å². The molecule has 3 aromatic rings. The molecule has 2 heterocycles. The summed E-state index contributed by atoms with van der Waals surface area (Å²) in [6, 6.07) is 13.4. The third-order valence-electron chi connectivity index (χ3n) is 4.85. The summed E-state index contributed by atoms with van der Waals surface area (Å²) >= 11 is 3.49. The van der Waals surface area contributed by atoms with Crippen LogP contribution < -0.4 is 9.64 Å². The van der Waals surface area contributed by atoms with Gasteiger partial charge in [0.2, 0.25) is 0 Å². The van der Waals surface area contributed by atoms with E-state index in [9.17, 15) is 4.79 Å². The minimum atomic E-state index is -0.0505. The maximum absolute atomic E-state index is 13.2. The van der Waals surface area contributed by atoms with Gasteiger partial charge in [-0.05, 0) is 56.2 Å². The lowest BCUT2D eigenvalue weighted by Crippen LogP contribution is -2.29. The van der Waals surface area contributed by atoms with E-state index < -0.39 is 0 Å². The Hall–Kier alpha value is -2.60. The number of carbonyl (C=O) groups is 1. The number of aromatic nitrogens is 1. The quantitative estimate of drug-likeness (QED) is 0.598. The topological polar surface area (TPSA) is 55.6 Å². The van der Waals surface area contributed by atoms with E-state index in [4.69, 9.17) is 9.26 Å². The fraction of sp³-hybridized carbons (Fsp3) is 0.238. The summed E-state index contributed by atoms with van der Waals surface area (Å²) in [5.74, 6) is 1.24. The molecule has 0 saturated carbocycles. The van der Waals surface area contributed by atoms with E-state index >= 15 is 0 Å². The second-order valence-electron chi connectivity index (χ2n) is 6.57. The number of ether oxygens (including phenoxy) is 1. The summed E-state index contributed by atoms with van der Waals surface area (Å²) in [6.07, 6.45) is 0.850. The van der Waals surface area contributed by atoms with Crippen molar-refractivity contribution in [3.05, 3.63) is 75.1 Å². The van der Waals surface area contributed by atoms with Gasteiger partial charge in [-0.1, -0.05) is 33.2 Å². The monoisotopic (exact) mass is 426 g/mol. The molecular weight excluding hydrogens is 408 g/mol. The van der Waals surface area contributed by atoms with Gasteiger partial charge in [0, 0.05) is 16.7 Å². The summed E-state index contributed by atoms with van der Waals surface area (Å²) in [5.41, 5.74) is 4.40. The van der Waals surface area contributed by atoms with Crippen LogP contribution in [0.15, 0.2) is 51.5 Å². The van der Waals surface area contributed by atoms with Crippen molar-refractivity contribution in [3.8, 4) is 5.75 Å². The molecule has 2 aromatic carbocycles. The molecule has 0 spiro atoms. The summed E-state index contributed by atoms with van der Waals surface area (Å²) in [5, 5.41) is 3.95. The van der Waals surface area contributed by atoms with Crippen LogP contribution in [0.25, 0.3) is 0 Å². The largest absolute Gasteiger partial charge is 0.488 e. The van der Waals surface area contributed by atoms with Crippen LogP contribution in [0.4, 0.5) is 5.69 Å². The Morgan fingerprint density at radius 1 is 1.26 bits per heavy atom. The Balaban J connectivity index is 1.59. The molecule has 1 aliphatic rings. The lowest BCUT2D eigenvalue weighted by atomic mass is 10.1. The molecule has 0 radical (unpaired) electrons. The normalized spacial score (nSPS) is 12.9. The van der Waals surface area contributed by atoms with E-state index in [1.165, 1.54) is 5.56 Å². The van der Waals surface area contributed by atoms with E-state index in [0.29, 0.717) is 24.5 Å². The van der Waals surface area contributed by atoms with Gasteiger partial charge in [0.15, 0.2) is 0 Å². The number of aryl methyl sites for hydroxylation is 2. The zero-order valence-electron chi connectivity index (χ0n) is 15.2. The first-order valence-electron chi connectivity index (χ1n) is 8.78. The first-order valence-corrected chi connectivity index (χ1v) is 9.58. The molecule has 1 aliphatic heterocycles. The number of benzene rings is 2. The lowest BCUT2D eigenvalue weighted by molar-refractivity contribution is 0.0985. The SMILES string of the molecule is Cc1noc(C)c1COc1ccccc1C(=O)N1CCc2cc(Br)ccc21. The number of nitrogens with zero attached hydrogens (tertiary/aromatic N) is 2. The predicted octanol–water partition coefficient (Wildman–Crippen LogP) is 4.84. The molecule has 4 rings (SSSR count). The number of amides is 1. The summed E-state index contributed by atoms with van der Waals surface area (Å²) in [6.45, 7) is 4.72. The maximum Gasteiger partial charge on any atom is 0.262 e. The Morgan fingerprint density at radius 2 is 2.07 bits per heavy atom. The fourth-order valence-corrected chi connectivity index (χ4v) is 3.76. The summed E-state index contributed by atoms with van der Waals surface area (Å²) < 4.78 is 12.2. The molecule has 0 atom stereocenters. The van der Waals surface area contributed by atoms with Gasteiger partial charge >= 0.3 is 0 Å². The van der Waals surface area contributed by atoms with Crippen LogP contribution >= 0.6 is 15.9 Å². The minimum absolute atomic E-state index is 0.0505. The smallest absolute Gasteiger partial charge is 0.262 e. The Labute approximate surface area is 166 Å². The van der Waals surface area contributed by atoms with Crippen molar-refractivity contribution in [2.24, 2.45) is 0 Å². The second-order valence-corrected chi connectivity index (χ2v) is 7.48. The van der Waals surface area contributed by atoms with Crippen molar-refractivity contribution in [1.29, 1.82) is 0 Å². The molecule has 0 unspecified atom stereocenters. The van der Waals surface area contributed by atoms with Crippen LogP contribution in [0, 0.1) is 13.8 Å². The van der Waals surface area contributed by atoms with Crippen molar-refractivity contribution in [1.82, 2.24) is 5.16 Å². The van der Waals surface area contributed by atoms with Gasteiger partial charge in [0.05, 0.1) is 16.8 Å². The van der Waals surface area contributed by atoms with Crippen LogP contribution in [-0.4, -0.2) is 17.6 Å². The molecule has 27 heavy (non-hydrogen) atoms. The minimum Gasteiger partial charge on any atom is -0.488 e. The van der Waals surface area contributed by atoms with Crippen molar-refractivity contribution in [2.75, 3.05) is 11.4 Å². The van der Waals surface area contributed by atoms with Crippen molar-refractivity contribution in [2.45, 2.75) is 26.9 Å². The molecule has 0 fully saturated rings. The molecule has 5 nitrogen and oxygen atoms in total. The first kappa shape index (κ1) is 17.8. The third kappa shape index (κ3) is 3.37. The van der Waals surface area contributed by atoms with Crippen LogP contribution in [0.1, 0.15) is 32.9 Å². The van der Waals surface area contributed by atoms with E-state index in [1.54, 1.807) is 0 Å². The zero-order valence-corrected chi connectivity index (χ0v) is 16.7. The van der Waals surface area contributed by atoms with E-state index in [0.717, 1.165) is 33.6 Å². The van der Waals surface area contributed by atoms with Crippen LogP contribution in [0.3, 0.4) is 0 Å². The number of anilines is 1. The van der Waals surface area contributed by atoms with Crippen molar-refractivity contribution in [3.63, 3.8) is 0 Å². The molecule has 0 bridgehead atoms. The summed E-state index contributed by atoms with van der Waals surface area (Å²) in [4.78, 5) is 15.0. The molecule has 1 aromatic heterocycles. The predicted molar refractivity (Wildman–Crippen MR) is 106 cm³/mol. The van der Waals surface area contributed by atoms with Gasteiger partial charge < -0.3 is 14.2 Å². The van der Waals surface area contributed by atoms with E-state index in [2.05, 4.69) is 27.2 Å². The number of halogens is 1. The number of carbonyl (C=O) groups excluding carboxylic acids is 1. The van der Waals surface area contributed by atoms with Gasteiger partial charge in [-0.2, -0.15) is 0 Å². The van der Waals surface area contributed by atoms with Gasteiger partial charge in [-0.25, -0.2) is 0 Å². The molecule has 0 aliphatic carbocycles. The fourth-order valence-electron chi connectivity index (χ4n) is 3.35. The molecule has 0 N–H and O–H groups in total. The molecule has 6 heteroatoms. The first-order chi connectivity index (χ1) is 13.0. The third-order valence-corrected chi connectivity index (χ3v) is 5.35. The highest BCUT2D eigenvalue weighted by molar-refractivity contribution is 9.10. The van der Waals surface area contributed by atoms with Crippen LogP contribution in [-0.2, 0) is 13.0 Å². The average Bonchev–Trinajstić information content (AvgIpc) is 3.22. The number of hydrogen-bond acceptors (Lipinski definition) is 4. The molecule has 0 saturated heterocycles. The lowest BCUT2D eigenvalue weighted by Gasteiger charge is -2.19. The highest BCUT2D eigenvalue weighted by atomic mass is 79.9. The number of para-hydroxylation sites is 1. The second kappa shape index (κ2) is 7.19. The van der Waals surface area contributed by atoms with Gasteiger partial charge in [0.1, 0.15) is 18.1 Å². The van der Waals surface area contributed by atoms with E-state index in [1.807, 2.05) is 55.1 Å². The van der Waals surface area contributed by atoms with E-state index in [-0.39, 0.29) is 5.91 Å². The average molecular weight is 427 g/mol. The Bertz CT molecular complexity index is 993. The number of hydrogen-bond donors (Lipinski definition) is 0. The van der Waals surface area contributed by atoms with Crippen molar-refractivity contribution >= 4 is 27.5 Å². The zero-order chi connectivity index (χ0) is 19.0. The maximum atomic E-state index is 13.2. The Morgan fingerprint density at radius 3 is 2.85 bits per heavy atom. The van der Waals surface area contributed by atoms with Gasteiger partial charge in [0.25, 0.3) is 5.91 Å². The van der Waals surface area contributed by atoms with Crippen molar-refractivity contribution < 1.29 is 14.1 Å². The van der Waals surface area contributed by atoms with Gasteiger partial charge in [-0.15, -0.1) is 0 Å². The highest BCUT2D eigenvalue weighted by Gasteiger charge is 2.27. The standard InChI is InChI=1S/C21H19BrN2O3/c1-13-18(14(2)27-23-13)12-26-20-6-4-3-5-17(20)21(25)24-10-9-15-11-16(22)7-8-19(15)24/h3-8,11H,9-10,12H2,1-2H3. The highest BCUT2D eigenvalue weighted by Crippen LogP contribution is 2.33. The Kier molecular flexibility index (Phi) is 4.74. The summed E-state index contributed by atoms with van der Waals surface area (Å²) in [7, 11) is 0. The van der Waals surface area contributed by atoms with Crippen LogP contribution in [0.5, 0.6) is 5.75 Å². The molecular formula is C21H19BrN2O3. The molecule has 1 amide bonds. The molecule has 138 valence electrons. The number of rotatable bonds is 4. The number of fused-ring (bicyclic) bond motifs is 1. The van der Waals surface area contributed by atoms with Gasteiger partial charge in [-0.3, -0.25) is 4.79 Å².